The molecule has 2 heterocycles. The van der Waals surface area contributed by atoms with Gasteiger partial charge in [0, 0.05) is 48.3 Å². The minimum Gasteiger partial charge on any atom is -0.379 e. The van der Waals surface area contributed by atoms with Gasteiger partial charge in [-0.1, -0.05) is 33.6 Å². The fourth-order valence-corrected chi connectivity index (χ4v) is 3.82. The lowest BCUT2D eigenvalue weighted by Crippen LogP contribution is -2.44. The molecule has 1 unspecified atom stereocenters. The molecule has 0 radical (unpaired) electrons. The Morgan fingerprint density at radius 3 is 2.80 bits per heavy atom. The molecule has 20 heavy (non-hydrogen) atoms. The smallest absolute Gasteiger partial charge is 0.0594 e. The first-order valence-electron chi connectivity index (χ1n) is 7.20. The summed E-state index contributed by atoms with van der Waals surface area (Å²) in [4.78, 5) is 5.09. The zero-order valence-corrected chi connectivity index (χ0v) is 13.9. The second-order valence-corrected chi connectivity index (χ2v) is 6.88. The maximum atomic E-state index is 6.31. The van der Waals surface area contributed by atoms with E-state index in [-0.39, 0.29) is 0 Å². The van der Waals surface area contributed by atoms with Crippen LogP contribution < -0.4 is 0 Å². The Hall–Kier alpha value is -0.130. The predicted octanol–water partition coefficient (Wildman–Crippen LogP) is 3.01. The van der Waals surface area contributed by atoms with Crippen molar-refractivity contribution in [3.8, 4) is 0 Å². The average molecular weight is 360 g/mol. The van der Waals surface area contributed by atoms with Crippen molar-refractivity contribution in [1.82, 2.24) is 9.80 Å². The van der Waals surface area contributed by atoms with E-state index in [2.05, 4.69) is 37.9 Å². The Kier molecular flexibility index (Phi) is 5.00. The minimum absolute atomic E-state index is 0.688. The molecule has 0 N–H and O–H groups in total. The zero-order chi connectivity index (χ0) is 13.9. The third kappa shape index (κ3) is 3.55. The van der Waals surface area contributed by atoms with Crippen LogP contribution in [0.2, 0.25) is 5.02 Å². The van der Waals surface area contributed by atoms with Gasteiger partial charge >= 0.3 is 0 Å². The summed E-state index contributed by atoms with van der Waals surface area (Å²) >= 11 is 9.76. The topological polar surface area (TPSA) is 15.7 Å². The van der Waals surface area contributed by atoms with Gasteiger partial charge in [-0.2, -0.15) is 0 Å². The molecule has 2 fully saturated rings. The molecule has 2 aliphatic heterocycles. The summed E-state index contributed by atoms with van der Waals surface area (Å²) in [7, 11) is 0. The third-order valence-electron chi connectivity index (χ3n) is 4.22. The standard InChI is InChI=1S/C15H20BrClN2O/c16-13-2-1-12(15(17)9-13)10-18-4-3-14(11-18)19-5-7-20-8-6-19/h1-2,9,14H,3-8,10-11H2. The molecular weight excluding hydrogens is 340 g/mol. The molecule has 3 nitrogen and oxygen atoms in total. The summed E-state index contributed by atoms with van der Waals surface area (Å²) in [6, 6.07) is 6.85. The van der Waals surface area contributed by atoms with Crippen LogP contribution in [-0.2, 0) is 11.3 Å². The monoisotopic (exact) mass is 358 g/mol. The third-order valence-corrected chi connectivity index (χ3v) is 5.06. The second-order valence-electron chi connectivity index (χ2n) is 5.56. The molecule has 1 aromatic carbocycles. The second kappa shape index (κ2) is 6.75. The van der Waals surface area contributed by atoms with Crippen molar-refractivity contribution < 1.29 is 4.74 Å². The predicted molar refractivity (Wildman–Crippen MR) is 85.2 cm³/mol. The number of morpholine rings is 1. The van der Waals surface area contributed by atoms with Gasteiger partial charge in [0.25, 0.3) is 0 Å². The zero-order valence-electron chi connectivity index (χ0n) is 11.5. The molecule has 0 aliphatic carbocycles. The molecular formula is C15H20BrClN2O. The number of rotatable bonds is 3. The van der Waals surface area contributed by atoms with Gasteiger partial charge in [0.15, 0.2) is 0 Å². The van der Waals surface area contributed by atoms with Gasteiger partial charge in [0.2, 0.25) is 0 Å². The fourth-order valence-electron chi connectivity index (χ4n) is 3.09. The maximum absolute atomic E-state index is 6.31. The summed E-state index contributed by atoms with van der Waals surface area (Å²) in [6.07, 6.45) is 1.26. The first-order valence-corrected chi connectivity index (χ1v) is 8.37. The van der Waals surface area contributed by atoms with Gasteiger partial charge < -0.3 is 4.74 Å². The van der Waals surface area contributed by atoms with Crippen LogP contribution in [0.25, 0.3) is 0 Å². The van der Waals surface area contributed by atoms with E-state index in [1.54, 1.807) is 0 Å². The largest absolute Gasteiger partial charge is 0.379 e. The Morgan fingerprint density at radius 2 is 2.05 bits per heavy atom. The highest BCUT2D eigenvalue weighted by molar-refractivity contribution is 9.10. The first-order chi connectivity index (χ1) is 9.72. The summed E-state index contributed by atoms with van der Waals surface area (Å²) < 4.78 is 6.47. The van der Waals surface area contributed by atoms with Crippen molar-refractivity contribution in [2.24, 2.45) is 0 Å². The summed E-state index contributed by atoms with van der Waals surface area (Å²) in [5, 5.41) is 0.856. The van der Waals surface area contributed by atoms with Crippen LogP contribution in [0.1, 0.15) is 12.0 Å². The highest BCUT2D eigenvalue weighted by Crippen LogP contribution is 2.25. The molecule has 110 valence electrons. The lowest BCUT2D eigenvalue weighted by Gasteiger charge is -2.32. The lowest BCUT2D eigenvalue weighted by atomic mass is 10.2. The van der Waals surface area contributed by atoms with Gasteiger partial charge in [-0.15, -0.1) is 0 Å². The van der Waals surface area contributed by atoms with E-state index in [0.717, 1.165) is 55.4 Å². The van der Waals surface area contributed by atoms with Crippen molar-refractivity contribution in [1.29, 1.82) is 0 Å². The number of hydrogen-bond donors (Lipinski definition) is 0. The highest BCUT2D eigenvalue weighted by Gasteiger charge is 2.28. The minimum atomic E-state index is 0.688. The molecule has 3 rings (SSSR count). The van der Waals surface area contributed by atoms with Crippen molar-refractivity contribution >= 4 is 27.5 Å². The van der Waals surface area contributed by atoms with Gasteiger partial charge in [-0.05, 0) is 24.1 Å². The van der Waals surface area contributed by atoms with Crippen molar-refractivity contribution in [3.63, 3.8) is 0 Å². The molecule has 1 atom stereocenters. The van der Waals surface area contributed by atoms with E-state index in [1.807, 2.05) is 6.07 Å². The van der Waals surface area contributed by atoms with E-state index < -0.39 is 0 Å². The number of ether oxygens (including phenoxy) is 1. The summed E-state index contributed by atoms with van der Waals surface area (Å²) in [5.74, 6) is 0. The molecule has 0 bridgehead atoms. The molecule has 1 aromatic rings. The number of likely N-dealkylation sites (tertiary alicyclic amines) is 1. The van der Waals surface area contributed by atoms with Gasteiger partial charge in [-0.25, -0.2) is 0 Å². The Labute approximate surface area is 134 Å². The molecule has 2 aliphatic rings. The van der Waals surface area contributed by atoms with E-state index in [4.69, 9.17) is 16.3 Å². The van der Waals surface area contributed by atoms with Gasteiger partial charge in [0.05, 0.1) is 13.2 Å². The van der Waals surface area contributed by atoms with Gasteiger partial charge in [-0.3, -0.25) is 9.80 Å². The van der Waals surface area contributed by atoms with Crippen LogP contribution in [0, 0.1) is 0 Å². The fraction of sp³-hybridized carbons (Fsp3) is 0.600. The molecule has 5 heteroatoms. The van der Waals surface area contributed by atoms with Crippen molar-refractivity contribution in [2.45, 2.75) is 19.0 Å². The number of benzene rings is 1. The van der Waals surface area contributed by atoms with Crippen LogP contribution in [0.3, 0.4) is 0 Å². The first kappa shape index (κ1) is 14.8. The average Bonchev–Trinajstić information content (AvgIpc) is 2.92. The van der Waals surface area contributed by atoms with E-state index in [1.165, 1.54) is 12.0 Å². The summed E-state index contributed by atoms with van der Waals surface area (Å²) in [5.41, 5.74) is 1.22. The molecule has 2 saturated heterocycles. The quantitative estimate of drug-likeness (QED) is 0.825. The van der Waals surface area contributed by atoms with Crippen LogP contribution >= 0.6 is 27.5 Å². The Balaban J connectivity index is 1.57. The SMILES string of the molecule is Clc1cc(Br)ccc1CN1CCC(N2CCOCC2)C1. The van der Waals surface area contributed by atoms with Crippen molar-refractivity contribution in [2.75, 3.05) is 39.4 Å². The number of halogens is 2. The summed E-state index contributed by atoms with van der Waals surface area (Å²) in [6.45, 7) is 7.19. The van der Waals surface area contributed by atoms with Crippen LogP contribution in [0.15, 0.2) is 22.7 Å². The van der Waals surface area contributed by atoms with E-state index >= 15 is 0 Å². The van der Waals surface area contributed by atoms with Crippen LogP contribution in [0.5, 0.6) is 0 Å². The normalized spacial score (nSPS) is 25.2. The highest BCUT2D eigenvalue weighted by atomic mass is 79.9. The lowest BCUT2D eigenvalue weighted by molar-refractivity contribution is 0.0184. The molecule has 0 amide bonds. The number of hydrogen-bond acceptors (Lipinski definition) is 3. The number of nitrogens with zero attached hydrogens (tertiary/aromatic N) is 2. The van der Waals surface area contributed by atoms with Crippen LogP contribution in [0.4, 0.5) is 0 Å². The molecule has 0 aromatic heterocycles. The van der Waals surface area contributed by atoms with Gasteiger partial charge in [0.1, 0.15) is 0 Å². The van der Waals surface area contributed by atoms with E-state index in [9.17, 15) is 0 Å². The molecule has 0 spiro atoms. The Morgan fingerprint density at radius 1 is 1.25 bits per heavy atom. The van der Waals surface area contributed by atoms with E-state index in [0.29, 0.717) is 6.04 Å². The Bertz CT molecular complexity index is 465. The maximum Gasteiger partial charge on any atom is 0.0594 e. The molecule has 0 saturated carbocycles. The van der Waals surface area contributed by atoms with Crippen LogP contribution in [-0.4, -0.2) is 55.2 Å². The van der Waals surface area contributed by atoms with Crippen molar-refractivity contribution in [3.05, 3.63) is 33.3 Å².